The van der Waals surface area contributed by atoms with Crippen LogP contribution in [0.25, 0.3) is 0 Å². The van der Waals surface area contributed by atoms with Gasteiger partial charge in [0.2, 0.25) is 0 Å². The van der Waals surface area contributed by atoms with Gasteiger partial charge in [-0.2, -0.15) is 0 Å². The lowest BCUT2D eigenvalue weighted by Gasteiger charge is -2.04. The van der Waals surface area contributed by atoms with Gasteiger partial charge in [0, 0.05) is 11.1 Å². The van der Waals surface area contributed by atoms with E-state index in [1.807, 2.05) is 18.2 Å². The Morgan fingerprint density at radius 3 is 2.77 bits per heavy atom. The van der Waals surface area contributed by atoms with Crippen molar-refractivity contribution in [1.82, 2.24) is 0 Å². The van der Waals surface area contributed by atoms with Crippen LogP contribution in [0.1, 0.15) is 25.3 Å². The van der Waals surface area contributed by atoms with E-state index in [1.165, 1.54) is 12.0 Å². The van der Waals surface area contributed by atoms with Crippen molar-refractivity contribution in [2.24, 2.45) is 0 Å². The van der Waals surface area contributed by atoms with E-state index in [1.54, 1.807) is 0 Å². The average molecular weight is 243 g/mol. The first-order chi connectivity index (χ1) is 6.34. The molecule has 0 bridgehead atoms. The van der Waals surface area contributed by atoms with Crippen LogP contribution in [0.2, 0.25) is 0 Å². The van der Waals surface area contributed by atoms with Gasteiger partial charge in [0.15, 0.2) is 0 Å². The first-order valence-electron chi connectivity index (χ1n) is 4.65. The second-order valence-electron chi connectivity index (χ2n) is 3.00. The van der Waals surface area contributed by atoms with Crippen LogP contribution in [-0.4, -0.2) is 6.61 Å². The molecular formula is C11H15BrO. The SMILES string of the molecule is CCCCOCc1ccccc1Br. The predicted octanol–water partition coefficient (Wildman–Crippen LogP) is 3.77. The Balaban J connectivity index is 2.32. The summed E-state index contributed by atoms with van der Waals surface area (Å²) >= 11 is 3.49. The largest absolute Gasteiger partial charge is 0.377 e. The molecule has 1 nitrogen and oxygen atoms in total. The van der Waals surface area contributed by atoms with Gasteiger partial charge in [-0.3, -0.25) is 0 Å². The van der Waals surface area contributed by atoms with Crippen molar-refractivity contribution in [3.05, 3.63) is 34.3 Å². The van der Waals surface area contributed by atoms with Crippen molar-refractivity contribution in [1.29, 1.82) is 0 Å². The second-order valence-corrected chi connectivity index (χ2v) is 3.85. The third-order valence-corrected chi connectivity index (χ3v) is 2.63. The fourth-order valence-corrected chi connectivity index (χ4v) is 1.44. The summed E-state index contributed by atoms with van der Waals surface area (Å²) in [5, 5.41) is 0. The van der Waals surface area contributed by atoms with Crippen molar-refractivity contribution >= 4 is 15.9 Å². The third-order valence-electron chi connectivity index (χ3n) is 1.86. The number of halogens is 1. The molecule has 1 aromatic carbocycles. The van der Waals surface area contributed by atoms with Gasteiger partial charge >= 0.3 is 0 Å². The van der Waals surface area contributed by atoms with Crippen molar-refractivity contribution in [2.75, 3.05) is 6.61 Å². The second kappa shape index (κ2) is 6.17. The van der Waals surface area contributed by atoms with Gasteiger partial charge in [-0.1, -0.05) is 47.5 Å². The number of unbranched alkanes of at least 4 members (excludes halogenated alkanes) is 1. The Kier molecular flexibility index (Phi) is 5.09. The van der Waals surface area contributed by atoms with Crippen LogP contribution in [0, 0.1) is 0 Å². The molecule has 0 saturated carbocycles. The third kappa shape index (κ3) is 3.92. The molecule has 1 aromatic rings. The maximum atomic E-state index is 5.51. The smallest absolute Gasteiger partial charge is 0.0727 e. The lowest BCUT2D eigenvalue weighted by molar-refractivity contribution is 0.117. The summed E-state index contributed by atoms with van der Waals surface area (Å²) in [6, 6.07) is 8.16. The Morgan fingerprint density at radius 2 is 2.08 bits per heavy atom. The molecule has 0 unspecified atom stereocenters. The van der Waals surface area contributed by atoms with Gasteiger partial charge in [0.1, 0.15) is 0 Å². The normalized spacial score (nSPS) is 10.3. The van der Waals surface area contributed by atoms with Gasteiger partial charge in [0.05, 0.1) is 6.61 Å². The molecule has 0 saturated heterocycles. The molecule has 72 valence electrons. The van der Waals surface area contributed by atoms with Gasteiger partial charge in [0.25, 0.3) is 0 Å². The molecule has 0 N–H and O–H groups in total. The molecule has 0 aliphatic heterocycles. The summed E-state index contributed by atoms with van der Waals surface area (Å²) in [4.78, 5) is 0. The quantitative estimate of drug-likeness (QED) is 0.715. The lowest BCUT2D eigenvalue weighted by atomic mass is 10.2. The van der Waals surface area contributed by atoms with E-state index < -0.39 is 0 Å². The minimum absolute atomic E-state index is 0.710. The fourth-order valence-electron chi connectivity index (χ4n) is 1.04. The zero-order valence-electron chi connectivity index (χ0n) is 7.92. The summed E-state index contributed by atoms with van der Waals surface area (Å²) in [5.41, 5.74) is 1.22. The Morgan fingerprint density at radius 1 is 1.31 bits per heavy atom. The van der Waals surface area contributed by atoms with Crippen LogP contribution in [0.3, 0.4) is 0 Å². The molecule has 0 spiro atoms. The van der Waals surface area contributed by atoms with Crippen LogP contribution in [0.15, 0.2) is 28.7 Å². The summed E-state index contributed by atoms with van der Waals surface area (Å²) in [6.07, 6.45) is 2.33. The molecule has 0 atom stereocenters. The van der Waals surface area contributed by atoms with E-state index in [0.29, 0.717) is 6.61 Å². The van der Waals surface area contributed by atoms with Crippen LogP contribution in [0.4, 0.5) is 0 Å². The number of benzene rings is 1. The van der Waals surface area contributed by atoms with E-state index in [-0.39, 0.29) is 0 Å². The first kappa shape index (κ1) is 10.7. The minimum atomic E-state index is 0.710. The lowest BCUT2D eigenvalue weighted by Crippen LogP contribution is -1.95. The zero-order chi connectivity index (χ0) is 9.52. The molecule has 0 heterocycles. The molecule has 0 aromatic heterocycles. The topological polar surface area (TPSA) is 9.23 Å². The molecule has 0 amide bonds. The maximum absolute atomic E-state index is 5.51. The molecule has 13 heavy (non-hydrogen) atoms. The highest BCUT2D eigenvalue weighted by Gasteiger charge is 1.97. The summed E-state index contributed by atoms with van der Waals surface area (Å²) in [5.74, 6) is 0. The first-order valence-corrected chi connectivity index (χ1v) is 5.45. The molecule has 0 aliphatic rings. The summed E-state index contributed by atoms with van der Waals surface area (Å²) in [7, 11) is 0. The van der Waals surface area contributed by atoms with Crippen molar-refractivity contribution < 1.29 is 4.74 Å². The van der Waals surface area contributed by atoms with Crippen LogP contribution in [0.5, 0.6) is 0 Å². The van der Waals surface area contributed by atoms with E-state index in [2.05, 4.69) is 28.9 Å². The van der Waals surface area contributed by atoms with Crippen LogP contribution < -0.4 is 0 Å². The Hall–Kier alpha value is -0.340. The Labute approximate surface area is 88.2 Å². The van der Waals surface area contributed by atoms with Gasteiger partial charge in [-0.25, -0.2) is 0 Å². The maximum Gasteiger partial charge on any atom is 0.0727 e. The van der Waals surface area contributed by atoms with E-state index in [0.717, 1.165) is 17.5 Å². The van der Waals surface area contributed by atoms with Crippen molar-refractivity contribution in [2.45, 2.75) is 26.4 Å². The number of rotatable bonds is 5. The molecule has 1 rings (SSSR count). The van der Waals surface area contributed by atoms with Crippen molar-refractivity contribution in [3.8, 4) is 0 Å². The van der Waals surface area contributed by atoms with E-state index >= 15 is 0 Å². The number of hydrogen-bond donors (Lipinski definition) is 0. The van der Waals surface area contributed by atoms with Crippen LogP contribution >= 0.6 is 15.9 Å². The molecule has 2 heteroatoms. The number of hydrogen-bond acceptors (Lipinski definition) is 1. The van der Waals surface area contributed by atoms with Gasteiger partial charge in [-0.15, -0.1) is 0 Å². The predicted molar refractivity (Wildman–Crippen MR) is 58.7 cm³/mol. The molecule has 0 fully saturated rings. The van der Waals surface area contributed by atoms with Crippen molar-refractivity contribution in [3.63, 3.8) is 0 Å². The highest BCUT2D eigenvalue weighted by molar-refractivity contribution is 9.10. The van der Waals surface area contributed by atoms with Gasteiger partial charge < -0.3 is 4.74 Å². The zero-order valence-corrected chi connectivity index (χ0v) is 9.51. The van der Waals surface area contributed by atoms with Crippen LogP contribution in [-0.2, 0) is 11.3 Å². The van der Waals surface area contributed by atoms with E-state index in [9.17, 15) is 0 Å². The molecule has 0 radical (unpaired) electrons. The summed E-state index contributed by atoms with van der Waals surface area (Å²) in [6.45, 7) is 3.74. The highest BCUT2D eigenvalue weighted by atomic mass is 79.9. The monoisotopic (exact) mass is 242 g/mol. The standard InChI is InChI=1S/C11H15BrO/c1-2-3-8-13-9-10-6-4-5-7-11(10)12/h4-7H,2-3,8-9H2,1H3. The van der Waals surface area contributed by atoms with E-state index in [4.69, 9.17) is 4.74 Å². The molecule has 0 aliphatic carbocycles. The summed E-state index contributed by atoms with van der Waals surface area (Å²) < 4.78 is 6.64. The minimum Gasteiger partial charge on any atom is -0.377 e. The fraction of sp³-hybridized carbons (Fsp3) is 0.455. The average Bonchev–Trinajstić information content (AvgIpc) is 2.15. The molecular weight excluding hydrogens is 228 g/mol. The van der Waals surface area contributed by atoms with Gasteiger partial charge in [-0.05, 0) is 18.1 Å². The Bertz CT molecular complexity index is 248. The number of ether oxygens (including phenoxy) is 1. The highest BCUT2D eigenvalue weighted by Crippen LogP contribution is 2.16.